The lowest BCUT2D eigenvalue weighted by molar-refractivity contribution is 0.243. The van der Waals surface area contributed by atoms with Crippen molar-refractivity contribution in [3.05, 3.63) is 27.8 Å². The van der Waals surface area contributed by atoms with Gasteiger partial charge in [0, 0.05) is 37.7 Å². The highest BCUT2D eigenvalue weighted by atomic mass is 35.5. The second kappa shape index (κ2) is 5.91. The molecule has 0 saturated carbocycles. The number of halogens is 1. The summed E-state index contributed by atoms with van der Waals surface area (Å²) in [7, 11) is 0. The standard InChI is InChI=1S/C14H21ClN2O/c1-10-9-13(15)12(11(2)14(10)18)3-6-17-7-4-16-5-8-17/h9,16,18H,3-8H2,1-2H3. The minimum absolute atomic E-state index is 0.384. The number of nitrogens with one attached hydrogen (secondary N) is 1. The van der Waals surface area contributed by atoms with E-state index in [0.29, 0.717) is 5.75 Å². The maximum Gasteiger partial charge on any atom is 0.121 e. The lowest BCUT2D eigenvalue weighted by Gasteiger charge is -2.27. The SMILES string of the molecule is Cc1cc(Cl)c(CCN2CCNCC2)c(C)c1O. The monoisotopic (exact) mass is 268 g/mol. The van der Waals surface area contributed by atoms with Gasteiger partial charge in [0.2, 0.25) is 0 Å². The third-order valence-corrected chi connectivity index (χ3v) is 4.04. The van der Waals surface area contributed by atoms with Crippen LogP contribution in [-0.4, -0.2) is 42.7 Å². The normalized spacial score (nSPS) is 17.1. The molecular formula is C14H21ClN2O. The van der Waals surface area contributed by atoms with Gasteiger partial charge in [-0.1, -0.05) is 11.6 Å². The Labute approximate surface area is 114 Å². The molecule has 2 rings (SSSR count). The molecule has 0 radical (unpaired) electrons. The molecule has 0 spiro atoms. The highest BCUT2D eigenvalue weighted by Gasteiger charge is 2.14. The van der Waals surface area contributed by atoms with Crippen LogP contribution in [0.3, 0.4) is 0 Å². The molecular weight excluding hydrogens is 248 g/mol. The Kier molecular flexibility index (Phi) is 4.49. The Morgan fingerprint density at radius 1 is 1.33 bits per heavy atom. The first-order chi connectivity index (χ1) is 8.59. The van der Waals surface area contributed by atoms with Crippen molar-refractivity contribution in [3.63, 3.8) is 0 Å². The fourth-order valence-corrected chi connectivity index (χ4v) is 2.87. The van der Waals surface area contributed by atoms with E-state index in [4.69, 9.17) is 11.6 Å². The van der Waals surface area contributed by atoms with E-state index < -0.39 is 0 Å². The van der Waals surface area contributed by atoms with Gasteiger partial charge in [0.1, 0.15) is 5.75 Å². The average Bonchev–Trinajstić information content (AvgIpc) is 2.37. The van der Waals surface area contributed by atoms with Gasteiger partial charge in [-0.2, -0.15) is 0 Å². The first-order valence-corrected chi connectivity index (χ1v) is 6.88. The number of phenolic OH excluding ortho intramolecular Hbond substituents is 1. The minimum atomic E-state index is 0.384. The molecule has 0 unspecified atom stereocenters. The van der Waals surface area contributed by atoms with Crippen molar-refractivity contribution in [3.8, 4) is 5.75 Å². The van der Waals surface area contributed by atoms with E-state index in [1.165, 1.54) is 0 Å². The number of rotatable bonds is 3. The third-order valence-electron chi connectivity index (χ3n) is 3.70. The molecule has 1 saturated heterocycles. The summed E-state index contributed by atoms with van der Waals surface area (Å²) in [6, 6.07) is 1.86. The number of benzene rings is 1. The number of hydrogen-bond acceptors (Lipinski definition) is 3. The molecule has 1 fully saturated rings. The zero-order valence-electron chi connectivity index (χ0n) is 11.1. The van der Waals surface area contributed by atoms with Gasteiger partial charge in [0.25, 0.3) is 0 Å². The van der Waals surface area contributed by atoms with Crippen LogP contribution in [0.1, 0.15) is 16.7 Å². The van der Waals surface area contributed by atoms with Gasteiger partial charge >= 0.3 is 0 Å². The smallest absolute Gasteiger partial charge is 0.121 e. The third kappa shape index (κ3) is 2.97. The molecule has 1 aliphatic heterocycles. The molecule has 18 heavy (non-hydrogen) atoms. The van der Waals surface area contributed by atoms with Gasteiger partial charge in [-0.3, -0.25) is 0 Å². The van der Waals surface area contributed by atoms with Crippen LogP contribution >= 0.6 is 11.6 Å². The lowest BCUT2D eigenvalue weighted by atomic mass is 10.0. The summed E-state index contributed by atoms with van der Waals surface area (Å²) < 4.78 is 0. The van der Waals surface area contributed by atoms with Crippen LogP contribution in [0.2, 0.25) is 5.02 Å². The highest BCUT2D eigenvalue weighted by Crippen LogP contribution is 2.31. The van der Waals surface area contributed by atoms with Crippen LogP contribution in [0.25, 0.3) is 0 Å². The second-order valence-electron chi connectivity index (χ2n) is 4.97. The largest absolute Gasteiger partial charge is 0.507 e. The summed E-state index contributed by atoms with van der Waals surface area (Å²) in [5.41, 5.74) is 2.86. The van der Waals surface area contributed by atoms with E-state index in [1.54, 1.807) is 0 Å². The molecule has 100 valence electrons. The van der Waals surface area contributed by atoms with Gasteiger partial charge in [-0.15, -0.1) is 0 Å². The van der Waals surface area contributed by atoms with Gasteiger partial charge in [0.15, 0.2) is 0 Å². The minimum Gasteiger partial charge on any atom is -0.507 e. The Morgan fingerprint density at radius 3 is 2.67 bits per heavy atom. The van der Waals surface area contributed by atoms with E-state index in [2.05, 4.69) is 10.2 Å². The molecule has 0 amide bonds. The topological polar surface area (TPSA) is 35.5 Å². The number of aromatic hydroxyl groups is 1. The Morgan fingerprint density at radius 2 is 2.00 bits per heavy atom. The van der Waals surface area contributed by atoms with E-state index in [9.17, 15) is 5.11 Å². The van der Waals surface area contributed by atoms with E-state index >= 15 is 0 Å². The van der Waals surface area contributed by atoms with Crippen molar-refractivity contribution >= 4 is 11.6 Å². The highest BCUT2D eigenvalue weighted by molar-refractivity contribution is 6.31. The first-order valence-electron chi connectivity index (χ1n) is 6.50. The predicted molar refractivity (Wildman–Crippen MR) is 75.6 cm³/mol. The van der Waals surface area contributed by atoms with E-state index in [-0.39, 0.29) is 0 Å². The molecule has 1 aromatic rings. The van der Waals surface area contributed by atoms with Crippen molar-refractivity contribution in [2.45, 2.75) is 20.3 Å². The molecule has 1 aromatic carbocycles. The summed E-state index contributed by atoms with van der Waals surface area (Å²) >= 11 is 6.28. The fourth-order valence-electron chi connectivity index (χ4n) is 2.47. The molecule has 0 aliphatic carbocycles. The van der Waals surface area contributed by atoms with Gasteiger partial charge in [-0.25, -0.2) is 0 Å². The Bertz CT molecular complexity index is 428. The van der Waals surface area contributed by atoms with Crippen molar-refractivity contribution in [1.29, 1.82) is 0 Å². The zero-order chi connectivity index (χ0) is 13.1. The molecule has 4 heteroatoms. The summed E-state index contributed by atoms with van der Waals surface area (Å²) in [5, 5.41) is 14.1. The van der Waals surface area contributed by atoms with E-state index in [1.807, 2.05) is 19.9 Å². The summed E-state index contributed by atoms with van der Waals surface area (Å²) in [4.78, 5) is 2.43. The van der Waals surface area contributed by atoms with Crippen molar-refractivity contribution in [2.24, 2.45) is 0 Å². The quantitative estimate of drug-likeness (QED) is 0.881. The number of phenols is 1. The van der Waals surface area contributed by atoms with Gasteiger partial charge in [0.05, 0.1) is 0 Å². The molecule has 0 aromatic heterocycles. The van der Waals surface area contributed by atoms with Crippen LogP contribution in [0, 0.1) is 13.8 Å². The van der Waals surface area contributed by atoms with Crippen molar-refractivity contribution in [1.82, 2.24) is 10.2 Å². The number of piperazine rings is 1. The Balaban J connectivity index is 2.06. The van der Waals surface area contributed by atoms with Gasteiger partial charge in [-0.05, 0) is 43.0 Å². The van der Waals surface area contributed by atoms with Crippen LogP contribution in [0.15, 0.2) is 6.07 Å². The molecule has 0 atom stereocenters. The molecule has 1 aliphatic rings. The molecule has 3 nitrogen and oxygen atoms in total. The van der Waals surface area contributed by atoms with Crippen molar-refractivity contribution in [2.75, 3.05) is 32.7 Å². The van der Waals surface area contributed by atoms with Crippen LogP contribution in [0.5, 0.6) is 5.75 Å². The average molecular weight is 269 g/mol. The number of nitrogens with zero attached hydrogens (tertiary/aromatic N) is 1. The number of aryl methyl sites for hydroxylation is 1. The summed E-state index contributed by atoms with van der Waals surface area (Å²) in [5.74, 6) is 0.384. The Hall–Kier alpha value is -0.770. The maximum atomic E-state index is 9.97. The molecule has 2 N–H and O–H groups in total. The van der Waals surface area contributed by atoms with Crippen LogP contribution < -0.4 is 5.32 Å². The zero-order valence-corrected chi connectivity index (χ0v) is 11.8. The maximum absolute atomic E-state index is 9.97. The lowest BCUT2D eigenvalue weighted by Crippen LogP contribution is -2.44. The fraction of sp³-hybridized carbons (Fsp3) is 0.571. The first kappa shape index (κ1) is 13.7. The molecule has 0 bridgehead atoms. The second-order valence-corrected chi connectivity index (χ2v) is 5.38. The van der Waals surface area contributed by atoms with Crippen molar-refractivity contribution < 1.29 is 5.11 Å². The number of hydrogen-bond donors (Lipinski definition) is 2. The van der Waals surface area contributed by atoms with Crippen LogP contribution in [0.4, 0.5) is 0 Å². The van der Waals surface area contributed by atoms with Gasteiger partial charge < -0.3 is 15.3 Å². The van der Waals surface area contributed by atoms with E-state index in [0.717, 1.165) is 60.9 Å². The molecule has 1 heterocycles. The summed E-state index contributed by atoms with van der Waals surface area (Å²) in [6.07, 6.45) is 0.901. The predicted octanol–water partition coefficient (Wildman–Crippen LogP) is 2.11. The summed E-state index contributed by atoms with van der Waals surface area (Å²) in [6.45, 7) is 9.14. The van der Waals surface area contributed by atoms with Crippen LogP contribution in [-0.2, 0) is 6.42 Å².